The number of urea groups is 1. The van der Waals surface area contributed by atoms with Gasteiger partial charge in [-0.25, -0.2) is 18.4 Å². The van der Waals surface area contributed by atoms with Gasteiger partial charge in [0.2, 0.25) is 0 Å². The molecule has 0 unspecified atom stereocenters. The molecule has 0 spiro atoms. The summed E-state index contributed by atoms with van der Waals surface area (Å²) in [6.45, 7) is 1.67. The number of esters is 1. The zero-order chi connectivity index (χ0) is 20.1. The minimum Gasteiger partial charge on any atom is -0.465 e. The molecule has 148 valence electrons. The number of anilines is 2. The predicted molar refractivity (Wildman–Crippen MR) is 101 cm³/mol. The van der Waals surface area contributed by atoms with Crippen molar-refractivity contribution < 1.29 is 23.1 Å². The molecule has 1 heterocycles. The number of ether oxygens (including phenoxy) is 1. The summed E-state index contributed by atoms with van der Waals surface area (Å²) in [6.07, 6.45) is 2.10. The van der Waals surface area contributed by atoms with Crippen LogP contribution in [0.15, 0.2) is 36.4 Å². The van der Waals surface area contributed by atoms with E-state index < -0.39 is 23.6 Å². The molecule has 2 amide bonds. The summed E-state index contributed by atoms with van der Waals surface area (Å²) in [5, 5.41) is 5.28. The van der Waals surface area contributed by atoms with Crippen LogP contribution < -0.4 is 15.5 Å². The number of rotatable bonds is 5. The number of nitrogens with zero attached hydrogens (tertiary/aromatic N) is 1. The van der Waals surface area contributed by atoms with Crippen LogP contribution in [-0.4, -0.2) is 32.2 Å². The molecule has 28 heavy (non-hydrogen) atoms. The fourth-order valence-corrected chi connectivity index (χ4v) is 3.18. The molecule has 1 saturated heterocycles. The maximum atomic E-state index is 13.3. The molecule has 1 aliphatic rings. The third kappa shape index (κ3) is 4.76. The van der Waals surface area contributed by atoms with Crippen molar-refractivity contribution in [1.29, 1.82) is 0 Å². The Labute approximate surface area is 161 Å². The quantitative estimate of drug-likeness (QED) is 0.766. The second-order valence-electron chi connectivity index (χ2n) is 6.50. The average Bonchev–Trinajstić information content (AvgIpc) is 3.19. The summed E-state index contributed by atoms with van der Waals surface area (Å²) >= 11 is 0. The number of nitrogens with one attached hydrogen (secondary N) is 2. The highest BCUT2D eigenvalue weighted by molar-refractivity contribution is 5.97. The van der Waals surface area contributed by atoms with Crippen molar-refractivity contribution in [2.75, 3.05) is 30.4 Å². The summed E-state index contributed by atoms with van der Waals surface area (Å²) in [5.74, 6) is -1.93. The smallest absolute Gasteiger partial charge is 0.337 e. The van der Waals surface area contributed by atoms with E-state index in [2.05, 4.69) is 15.5 Å². The van der Waals surface area contributed by atoms with Crippen molar-refractivity contribution in [3.8, 4) is 0 Å². The lowest BCUT2D eigenvalue weighted by Crippen LogP contribution is -2.29. The van der Waals surface area contributed by atoms with Crippen LogP contribution in [0.1, 0.15) is 28.8 Å². The molecule has 2 aromatic carbocycles. The third-order valence-corrected chi connectivity index (χ3v) is 4.49. The van der Waals surface area contributed by atoms with E-state index in [1.807, 2.05) is 0 Å². The Morgan fingerprint density at radius 3 is 2.39 bits per heavy atom. The van der Waals surface area contributed by atoms with Gasteiger partial charge in [0.25, 0.3) is 0 Å². The Balaban J connectivity index is 1.74. The zero-order valence-electron chi connectivity index (χ0n) is 15.4. The molecule has 0 saturated carbocycles. The van der Waals surface area contributed by atoms with E-state index in [1.54, 1.807) is 18.2 Å². The summed E-state index contributed by atoms with van der Waals surface area (Å²) in [6, 6.07) is 7.50. The van der Waals surface area contributed by atoms with Gasteiger partial charge in [-0.3, -0.25) is 0 Å². The zero-order valence-corrected chi connectivity index (χ0v) is 15.4. The number of halogens is 2. The van der Waals surface area contributed by atoms with Crippen molar-refractivity contribution in [2.24, 2.45) is 0 Å². The van der Waals surface area contributed by atoms with Crippen molar-refractivity contribution in [1.82, 2.24) is 5.32 Å². The Morgan fingerprint density at radius 2 is 1.75 bits per heavy atom. The molecule has 0 bridgehead atoms. The topological polar surface area (TPSA) is 70.7 Å². The molecule has 3 rings (SSSR count). The van der Waals surface area contributed by atoms with Gasteiger partial charge in [-0.2, -0.15) is 0 Å². The van der Waals surface area contributed by atoms with E-state index in [0.29, 0.717) is 16.8 Å². The number of carbonyl (C=O) groups excluding carboxylic acids is 2. The van der Waals surface area contributed by atoms with Crippen LogP contribution in [0.2, 0.25) is 0 Å². The standard InChI is InChI=1S/C20H21F2N3O3/c1-28-19(26)14-4-5-18(25-6-2-3-7-25)17(10-14)24-20(27)23-12-13-8-15(21)11-16(22)9-13/h4-5,8-11H,2-3,6-7,12H2,1H3,(H2,23,24,27). The summed E-state index contributed by atoms with van der Waals surface area (Å²) in [4.78, 5) is 26.3. The van der Waals surface area contributed by atoms with Gasteiger partial charge >= 0.3 is 12.0 Å². The largest absolute Gasteiger partial charge is 0.465 e. The van der Waals surface area contributed by atoms with Crippen LogP contribution in [0.3, 0.4) is 0 Å². The second kappa shape index (κ2) is 8.69. The van der Waals surface area contributed by atoms with E-state index in [9.17, 15) is 18.4 Å². The maximum Gasteiger partial charge on any atom is 0.337 e. The number of amides is 2. The second-order valence-corrected chi connectivity index (χ2v) is 6.50. The van der Waals surface area contributed by atoms with Gasteiger partial charge in [0.15, 0.2) is 0 Å². The van der Waals surface area contributed by atoms with Crippen molar-refractivity contribution in [3.05, 3.63) is 59.2 Å². The van der Waals surface area contributed by atoms with Gasteiger partial charge in [-0.1, -0.05) is 0 Å². The molecule has 2 aromatic rings. The molecule has 8 heteroatoms. The van der Waals surface area contributed by atoms with Crippen LogP contribution in [-0.2, 0) is 11.3 Å². The lowest BCUT2D eigenvalue weighted by Gasteiger charge is -2.22. The first-order chi connectivity index (χ1) is 13.5. The van der Waals surface area contributed by atoms with Gasteiger partial charge in [0.05, 0.1) is 24.0 Å². The highest BCUT2D eigenvalue weighted by Crippen LogP contribution is 2.30. The van der Waals surface area contributed by atoms with Gasteiger partial charge in [0, 0.05) is 25.7 Å². The molecule has 0 aliphatic carbocycles. The molecule has 2 N–H and O–H groups in total. The molecular weight excluding hydrogens is 368 g/mol. The SMILES string of the molecule is COC(=O)c1ccc(N2CCCC2)c(NC(=O)NCc2cc(F)cc(F)c2)c1. The lowest BCUT2D eigenvalue weighted by atomic mass is 10.1. The molecule has 0 radical (unpaired) electrons. The molecule has 6 nitrogen and oxygen atoms in total. The van der Waals surface area contributed by atoms with Crippen molar-refractivity contribution >= 4 is 23.4 Å². The van der Waals surface area contributed by atoms with Crippen molar-refractivity contribution in [3.63, 3.8) is 0 Å². The first-order valence-electron chi connectivity index (χ1n) is 8.93. The Morgan fingerprint density at radius 1 is 1.07 bits per heavy atom. The number of carbonyl (C=O) groups is 2. The minimum atomic E-state index is -0.709. The normalized spacial score (nSPS) is 13.3. The monoisotopic (exact) mass is 389 g/mol. The van der Waals surface area contributed by atoms with E-state index in [0.717, 1.165) is 49.8 Å². The van der Waals surface area contributed by atoms with E-state index in [1.165, 1.54) is 7.11 Å². The minimum absolute atomic E-state index is 0.0454. The van der Waals surface area contributed by atoms with E-state index in [-0.39, 0.29) is 6.54 Å². The third-order valence-electron chi connectivity index (χ3n) is 4.49. The highest BCUT2D eigenvalue weighted by Gasteiger charge is 2.19. The predicted octanol–water partition coefficient (Wildman–Crippen LogP) is 3.67. The first-order valence-corrected chi connectivity index (χ1v) is 8.93. The van der Waals surface area contributed by atoms with Crippen LogP contribution in [0.5, 0.6) is 0 Å². The fourth-order valence-electron chi connectivity index (χ4n) is 3.18. The number of hydrogen-bond donors (Lipinski definition) is 2. The van der Waals surface area contributed by atoms with Crippen LogP contribution in [0.25, 0.3) is 0 Å². The van der Waals surface area contributed by atoms with Gasteiger partial charge in [-0.05, 0) is 48.7 Å². The van der Waals surface area contributed by atoms with Crippen molar-refractivity contribution in [2.45, 2.75) is 19.4 Å². The highest BCUT2D eigenvalue weighted by atomic mass is 19.1. The van der Waals surface area contributed by atoms with Gasteiger partial charge in [0.1, 0.15) is 11.6 Å². The first kappa shape index (κ1) is 19.6. The van der Waals surface area contributed by atoms with E-state index >= 15 is 0 Å². The number of benzene rings is 2. The maximum absolute atomic E-state index is 13.3. The van der Waals surface area contributed by atoms with Gasteiger partial charge < -0.3 is 20.3 Å². The van der Waals surface area contributed by atoms with Crippen LogP contribution in [0, 0.1) is 11.6 Å². The average molecular weight is 389 g/mol. The summed E-state index contributed by atoms with van der Waals surface area (Å²) in [7, 11) is 1.29. The van der Waals surface area contributed by atoms with Crippen LogP contribution in [0.4, 0.5) is 25.0 Å². The van der Waals surface area contributed by atoms with Gasteiger partial charge in [-0.15, -0.1) is 0 Å². The molecule has 1 fully saturated rings. The van der Waals surface area contributed by atoms with Crippen LogP contribution >= 0.6 is 0 Å². The molecular formula is C20H21F2N3O3. The number of methoxy groups -OCH3 is 1. The summed E-state index contributed by atoms with van der Waals surface area (Å²) in [5.41, 5.74) is 1.88. The Bertz CT molecular complexity index is 863. The number of hydrogen-bond acceptors (Lipinski definition) is 4. The van der Waals surface area contributed by atoms with E-state index in [4.69, 9.17) is 4.74 Å². The molecule has 0 atom stereocenters. The Kier molecular flexibility index (Phi) is 6.08. The Hall–Kier alpha value is -3.16. The summed E-state index contributed by atoms with van der Waals surface area (Å²) < 4.78 is 31.3. The fraction of sp³-hybridized carbons (Fsp3) is 0.300. The molecule has 0 aromatic heterocycles. The lowest BCUT2D eigenvalue weighted by molar-refractivity contribution is 0.0600. The molecule has 1 aliphatic heterocycles.